The van der Waals surface area contributed by atoms with E-state index in [0.29, 0.717) is 17.9 Å². The molecule has 3 rings (SSSR count). The van der Waals surface area contributed by atoms with Gasteiger partial charge in [0, 0.05) is 28.7 Å². The first-order valence-electron chi connectivity index (χ1n) is 8.96. The van der Waals surface area contributed by atoms with Gasteiger partial charge in [-0.3, -0.25) is 14.4 Å². The van der Waals surface area contributed by atoms with Crippen LogP contribution in [-0.2, 0) is 14.3 Å². The Kier molecular flexibility index (Phi) is 6.46. The van der Waals surface area contributed by atoms with Crippen molar-refractivity contribution in [1.29, 1.82) is 0 Å². The molecular weight excluding hydrogens is 426 g/mol. The van der Waals surface area contributed by atoms with Crippen molar-refractivity contribution < 1.29 is 23.9 Å². The molecule has 146 valence electrons. The van der Waals surface area contributed by atoms with Crippen LogP contribution in [0.1, 0.15) is 23.7 Å². The Hall–Kier alpha value is -2.67. The molecule has 0 aliphatic carbocycles. The lowest BCUT2D eigenvalue weighted by Crippen LogP contribution is -2.27. The fourth-order valence-corrected chi connectivity index (χ4v) is 3.24. The topological polar surface area (TPSA) is 72.9 Å². The molecule has 1 saturated heterocycles. The molecule has 0 spiro atoms. The number of carbonyl (C=O) groups excluding carboxylic acids is 3. The van der Waals surface area contributed by atoms with Gasteiger partial charge in [-0.1, -0.05) is 28.1 Å². The van der Waals surface area contributed by atoms with E-state index in [1.165, 1.54) is 0 Å². The lowest BCUT2D eigenvalue weighted by atomic mass is 10.1. The van der Waals surface area contributed by atoms with Crippen LogP contribution in [0.2, 0.25) is 0 Å². The van der Waals surface area contributed by atoms with Crippen molar-refractivity contribution in [3.8, 4) is 5.75 Å². The molecular formula is C21H20BrNO5. The van der Waals surface area contributed by atoms with Gasteiger partial charge in [-0.25, -0.2) is 0 Å². The number of amides is 1. The fraction of sp³-hybridized carbons (Fsp3) is 0.286. The quantitative estimate of drug-likeness (QED) is 0.480. The second-order valence-electron chi connectivity index (χ2n) is 6.37. The smallest absolute Gasteiger partial charge is 0.311 e. The van der Waals surface area contributed by atoms with Crippen molar-refractivity contribution in [2.24, 2.45) is 5.92 Å². The van der Waals surface area contributed by atoms with Crippen LogP contribution in [0.5, 0.6) is 5.75 Å². The highest BCUT2D eigenvalue weighted by molar-refractivity contribution is 9.10. The second-order valence-corrected chi connectivity index (χ2v) is 7.29. The third-order valence-electron chi connectivity index (χ3n) is 4.43. The number of rotatable bonds is 7. The molecule has 1 aliphatic rings. The number of benzene rings is 2. The molecule has 1 amide bonds. The van der Waals surface area contributed by atoms with Crippen LogP contribution in [0.25, 0.3) is 0 Å². The van der Waals surface area contributed by atoms with Gasteiger partial charge in [0.25, 0.3) is 0 Å². The monoisotopic (exact) mass is 445 g/mol. The van der Waals surface area contributed by atoms with E-state index in [2.05, 4.69) is 15.9 Å². The van der Waals surface area contributed by atoms with Crippen molar-refractivity contribution >= 4 is 39.3 Å². The van der Waals surface area contributed by atoms with Gasteiger partial charge in [0.15, 0.2) is 12.4 Å². The summed E-state index contributed by atoms with van der Waals surface area (Å²) in [6, 6.07) is 14.0. The lowest BCUT2D eigenvalue weighted by Gasteiger charge is -2.17. The zero-order chi connectivity index (χ0) is 20.1. The maximum Gasteiger partial charge on any atom is 0.311 e. The standard InChI is InChI=1S/C21H20BrNO5/c1-2-27-18-9-7-17(8-10-18)23-12-15(11-20(23)25)21(26)28-13-19(24)14-3-5-16(22)6-4-14/h3-10,15H,2,11-13H2,1H3/t15-/m0/s1. The molecule has 2 aromatic rings. The molecule has 28 heavy (non-hydrogen) atoms. The van der Waals surface area contributed by atoms with Crippen LogP contribution in [0.4, 0.5) is 5.69 Å². The minimum absolute atomic E-state index is 0.0680. The molecule has 1 atom stereocenters. The van der Waals surface area contributed by atoms with Crippen LogP contribution in [0, 0.1) is 5.92 Å². The highest BCUT2D eigenvalue weighted by Gasteiger charge is 2.36. The van der Waals surface area contributed by atoms with Crippen LogP contribution in [0.15, 0.2) is 53.0 Å². The number of Topliss-reactive ketones (excluding diaryl/α,β-unsaturated/α-hetero) is 1. The van der Waals surface area contributed by atoms with E-state index in [1.54, 1.807) is 53.4 Å². The Morgan fingerprint density at radius 3 is 2.43 bits per heavy atom. The normalized spacial score (nSPS) is 16.1. The number of nitrogens with zero attached hydrogens (tertiary/aromatic N) is 1. The molecule has 0 N–H and O–H groups in total. The minimum Gasteiger partial charge on any atom is -0.494 e. The molecule has 7 heteroatoms. The molecule has 0 bridgehead atoms. The highest BCUT2D eigenvalue weighted by Crippen LogP contribution is 2.27. The Labute approximate surface area is 171 Å². The van der Waals surface area contributed by atoms with Crippen molar-refractivity contribution in [1.82, 2.24) is 0 Å². The van der Waals surface area contributed by atoms with E-state index in [-0.39, 0.29) is 31.3 Å². The zero-order valence-electron chi connectivity index (χ0n) is 15.4. The number of halogens is 1. The number of ether oxygens (including phenoxy) is 2. The number of hydrogen-bond donors (Lipinski definition) is 0. The van der Waals surface area contributed by atoms with Gasteiger partial charge in [0.1, 0.15) is 5.75 Å². The van der Waals surface area contributed by atoms with Crippen LogP contribution >= 0.6 is 15.9 Å². The molecule has 1 aliphatic heterocycles. The van der Waals surface area contributed by atoms with Crippen LogP contribution in [-0.4, -0.2) is 37.4 Å². The third-order valence-corrected chi connectivity index (χ3v) is 4.96. The first-order chi connectivity index (χ1) is 13.5. The SMILES string of the molecule is CCOc1ccc(N2C[C@@H](C(=O)OCC(=O)c3ccc(Br)cc3)CC2=O)cc1. The number of anilines is 1. The molecule has 1 fully saturated rings. The first-order valence-corrected chi connectivity index (χ1v) is 9.76. The summed E-state index contributed by atoms with van der Waals surface area (Å²) in [5, 5.41) is 0. The summed E-state index contributed by atoms with van der Waals surface area (Å²) in [4.78, 5) is 38.3. The van der Waals surface area contributed by atoms with Gasteiger partial charge in [-0.2, -0.15) is 0 Å². The average molecular weight is 446 g/mol. The maximum atomic E-state index is 12.3. The lowest BCUT2D eigenvalue weighted by molar-refractivity contribution is -0.147. The van der Waals surface area contributed by atoms with Crippen molar-refractivity contribution in [3.05, 3.63) is 58.6 Å². The number of ketones is 1. The van der Waals surface area contributed by atoms with Crippen molar-refractivity contribution in [3.63, 3.8) is 0 Å². The summed E-state index contributed by atoms with van der Waals surface area (Å²) >= 11 is 3.30. The van der Waals surface area contributed by atoms with Gasteiger partial charge >= 0.3 is 5.97 Å². The minimum atomic E-state index is -0.586. The predicted octanol–water partition coefficient (Wildman–Crippen LogP) is 3.63. The Bertz CT molecular complexity index is 863. The van der Waals surface area contributed by atoms with Gasteiger partial charge in [0.05, 0.1) is 12.5 Å². The molecule has 6 nitrogen and oxygen atoms in total. The van der Waals surface area contributed by atoms with Crippen LogP contribution < -0.4 is 9.64 Å². The van der Waals surface area contributed by atoms with E-state index in [1.807, 2.05) is 6.92 Å². The summed E-state index contributed by atoms with van der Waals surface area (Å²) in [6.07, 6.45) is 0.0680. The molecule has 2 aromatic carbocycles. The Morgan fingerprint density at radius 1 is 1.11 bits per heavy atom. The first kappa shape index (κ1) is 20.1. The third kappa shape index (κ3) is 4.78. The number of esters is 1. The summed E-state index contributed by atoms with van der Waals surface area (Å²) < 4.78 is 11.4. The highest BCUT2D eigenvalue weighted by atomic mass is 79.9. The van der Waals surface area contributed by atoms with E-state index in [4.69, 9.17) is 9.47 Å². The van der Waals surface area contributed by atoms with Crippen LogP contribution in [0.3, 0.4) is 0 Å². The summed E-state index contributed by atoms with van der Waals surface area (Å²) in [6.45, 7) is 2.36. The average Bonchev–Trinajstić information content (AvgIpc) is 3.09. The number of carbonyl (C=O) groups is 3. The number of hydrogen-bond acceptors (Lipinski definition) is 5. The molecule has 1 heterocycles. The van der Waals surface area contributed by atoms with Crippen molar-refractivity contribution in [2.45, 2.75) is 13.3 Å². The Morgan fingerprint density at radius 2 is 1.79 bits per heavy atom. The predicted molar refractivity (Wildman–Crippen MR) is 108 cm³/mol. The van der Waals surface area contributed by atoms with Gasteiger partial charge in [-0.05, 0) is 43.3 Å². The largest absolute Gasteiger partial charge is 0.494 e. The fourth-order valence-electron chi connectivity index (χ4n) is 2.98. The second kappa shape index (κ2) is 9.01. The maximum absolute atomic E-state index is 12.3. The zero-order valence-corrected chi connectivity index (χ0v) is 17.0. The summed E-state index contributed by atoms with van der Waals surface area (Å²) in [5.41, 5.74) is 1.17. The Balaban J connectivity index is 1.56. The van der Waals surface area contributed by atoms with Crippen molar-refractivity contribution in [2.75, 3.05) is 24.7 Å². The van der Waals surface area contributed by atoms with E-state index in [0.717, 1.165) is 10.2 Å². The molecule has 0 saturated carbocycles. The van der Waals surface area contributed by atoms with E-state index < -0.39 is 11.9 Å². The summed E-state index contributed by atoms with van der Waals surface area (Å²) in [5.74, 6) is -0.830. The van der Waals surface area contributed by atoms with Gasteiger partial charge in [0.2, 0.25) is 5.91 Å². The van der Waals surface area contributed by atoms with E-state index >= 15 is 0 Å². The molecule has 0 aromatic heterocycles. The summed E-state index contributed by atoms with van der Waals surface area (Å²) in [7, 11) is 0. The van der Waals surface area contributed by atoms with Gasteiger partial charge < -0.3 is 14.4 Å². The van der Waals surface area contributed by atoms with Gasteiger partial charge in [-0.15, -0.1) is 0 Å². The van der Waals surface area contributed by atoms with E-state index in [9.17, 15) is 14.4 Å². The molecule has 0 radical (unpaired) electrons. The molecule has 0 unspecified atom stereocenters.